The van der Waals surface area contributed by atoms with Gasteiger partial charge in [-0.25, -0.2) is 4.68 Å². The molecule has 1 unspecified atom stereocenters. The summed E-state index contributed by atoms with van der Waals surface area (Å²) in [6.45, 7) is 11.9. The van der Waals surface area contributed by atoms with Crippen LogP contribution in [-0.2, 0) is 18.6 Å². The number of benzene rings is 1. The van der Waals surface area contributed by atoms with Gasteiger partial charge in [0, 0.05) is 29.0 Å². The van der Waals surface area contributed by atoms with Crippen molar-refractivity contribution in [2.45, 2.75) is 72.1 Å². The Morgan fingerprint density at radius 1 is 1.18 bits per heavy atom. The van der Waals surface area contributed by atoms with Crippen molar-refractivity contribution in [3.63, 3.8) is 0 Å². The summed E-state index contributed by atoms with van der Waals surface area (Å²) in [5.41, 5.74) is 2.53. The minimum absolute atomic E-state index is 0.0273. The Bertz CT molecular complexity index is 1270. The maximum absolute atomic E-state index is 13.0. The Kier molecular flexibility index (Phi) is 6.76. The SMILES string of the molecule is CCC(c1nnnn1C(C)(C)CC)N(Cc1cccs1)Cc1cc2cc(C)ccc2[nH]c1=O. The summed E-state index contributed by atoms with van der Waals surface area (Å²) in [5, 5.41) is 16.0. The molecule has 0 fully saturated rings. The second-order valence-corrected chi connectivity index (χ2v) is 10.3. The Labute approximate surface area is 198 Å². The molecular weight excluding hydrogens is 432 g/mol. The third kappa shape index (κ3) is 4.91. The van der Waals surface area contributed by atoms with E-state index in [1.807, 2.05) is 22.9 Å². The van der Waals surface area contributed by atoms with E-state index >= 15 is 0 Å². The van der Waals surface area contributed by atoms with E-state index in [9.17, 15) is 4.79 Å². The predicted molar refractivity (Wildman–Crippen MR) is 133 cm³/mol. The van der Waals surface area contributed by atoms with E-state index in [0.717, 1.165) is 41.7 Å². The van der Waals surface area contributed by atoms with Gasteiger partial charge >= 0.3 is 0 Å². The Hall–Kier alpha value is -2.84. The van der Waals surface area contributed by atoms with Crippen LogP contribution in [0.2, 0.25) is 0 Å². The molecule has 174 valence electrons. The minimum atomic E-state index is -0.196. The Morgan fingerprint density at radius 2 is 2.00 bits per heavy atom. The van der Waals surface area contributed by atoms with Gasteiger partial charge in [-0.3, -0.25) is 9.69 Å². The second-order valence-electron chi connectivity index (χ2n) is 9.24. The molecule has 33 heavy (non-hydrogen) atoms. The molecule has 3 aromatic heterocycles. The van der Waals surface area contributed by atoms with Gasteiger partial charge in [0.2, 0.25) is 0 Å². The number of H-pyrrole nitrogens is 1. The van der Waals surface area contributed by atoms with Gasteiger partial charge in [-0.2, -0.15) is 0 Å². The molecule has 0 amide bonds. The van der Waals surface area contributed by atoms with Crippen LogP contribution in [-0.4, -0.2) is 30.1 Å². The second kappa shape index (κ2) is 9.57. The smallest absolute Gasteiger partial charge is 0.252 e. The van der Waals surface area contributed by atoms with Crippen LogP contribution in [0.1, 0.15) is 68.4 Å². The summed E-state index contributed by atoms with van der Waals surface area (Å²) in [6, 6.07) is 12.3. The maximum atomic E-state index is 13.0. The van der Waals surface area contributed by atoms with E-state index in [1.165, 1.54) is 10.4 Å². The zero-order chi connectivity index (χ0) is 23.6. The molecule has 0 aliphatic rings. The number of aromatic nitrogens is 5. The summed E-state index contributed by atoms with van der Waals surface area (Å²) in [6.07, 6.45) is 1.74. The van der Waals surface area contributed by atoms with Crippen LogP contribution in [0.4, 0.5) is 0 Å². The molecule has 1 atom stereocenters. The van der Waals surface area contributed by atoms with Crippen molar-refractivity contribution in [2.24, 2.45) is 0 Å². The molecule has 1 N–H and O–H groups in total. The van der Waals surface area contributed by atoms with Gasteiger partial charge in [0.1, 0.15) is 0 Å². The van der Waals surface area contributed by atoms with E-state index in [2.05, 4.69) is 83.6 Å². The van der Waals surface area contributed by atoms with Gasteiger partial charge in [0.05, 0.1) is 11.6 Å². The fourth-order valence-electron chi connectivity index (χ4n) is 4.17. The number of thiophene rings is 1. The zero-order valence-electron chi connectivity index (χ0n) is 20.0. The molecule has 0 aliphatic carbocycles. The number of tetrazole rings is 1. The first-order chi connectivity index (χ1) is 15.8. The number of hydrogen-bond donors (Lipinski definition) is 1. The molecule has 7 nitrogen and oxygen atoms in total. The summed E-state index contributed by atoms with van der Waals surface area (Å²) in [7, 11) is 0. The maximum Gasteiger partial charge on any atom is 0.252 e. The lowest BCUT2D eigenvalue weighted by atomic mass is 10.0. The highest BCUT2D eigenvalue weighted by Gasteiger charge is 2.31. The lowest BCUT2D eigenvalue weighted by Crippen LogP contribution is -2.35. The molecule has 0 saturated heterocycles. The summed E-state index contributed by atoms with van der Waals surface area (Å²) in [4.78, 5) is 19.6. The summed E-state index contributed by atoms with van der Waals surface area (Å²) in [5.74, 6) is 0.842. The average Bonchev–Trinajstić information content (AvgIpc) is 3.48. The van der Waals surface area contributed by atoms with E-state index in [1.54, 1.807) is 11.3 Å². The van der Waals surface area contributed by atoms with Crippen LogP contribution in [0.5, 0.6) is 0 Å². The largest absolute Gasteiger partial charge is 0.322 e. The Balaban J connectivity index is 1.76. The molecule has 0 radical (unpaired) electrons. The molecule has 4 aromatic rings. The molecule has 4 rings (SSSR count). The van der Waals surface area contributed by atoms with E-state index < -0.39 is 0 Å². The van der Waals surface area contributed by atoms with Gasteiger partial charge in [-0.15, -0.1) is 16.4 Å². The first-order valence-electron chi connectivity index (χ1n) is 11.5. The molecule has 1 aromatic carbocycles. The normalized spacial score (nSPS) is 13.2. The molecule has 3 heterocycles. The first kappa shape index (κ1) is 23.3. The topological polar surface area (TPSA) is 79.7 Å². The van der Waals surface area contributed by atoms with Crippen molar-refractivity contribution >= 4 is 22.2 Å². The fraction of sp³-hybridized carbons (Fsp3) is 0.440. The average molecular weight is 465 g/mol. The quantitative estimate of drug-likeness (QED) is 0.369. The highest BCUT2D eigenvalue weighted by atomic mass is 32.1. The highest BCUT2D eigenvalue weighted by molar-refractivity contribution is 7.09. The lowest BCUT2D eigenvalue weighted by molar-refractivity contribution is 0.152. The number of hydrogen-bond acceptors (Lipinski definition) is 6. The van der Waals surface area contributed by atoms with E-state index in [0.29, 0.717) is 6.54 Å². The van der Waals surface area contributed by atoms with Crippen LogP contribution in [0.15, 0.2) is 46.6 Å². The van der Waals surface area contributed by atoms with Crippen molar-refractivity contribution in [3.8, 4) is 0 Å². The first-order valence-corrected chi connectivity index (χ1v) is 12.4. The third-order valence-electron chi connectivity index (χ3n) is 6.45. The van der Waals surface area contributed by atoms with Crippen LogP contribution < -0.4 is 5.56 Å². The number of nitrogens with one attached hydrogen (secondary N) is 1. The number of aromatic amines is 1. The van der Waals surface area contributed by atoms with Gasteiger partial charge < -0.3 is 4.98 Å². The van der Waals surface area contributed by atoms with Crippen molar-refractivity contribution in [2.75, 3.05) is 0 Å². The van der Waals surface area contributed by atoms with Crippen LogP contribution in [0.3, 0.4) is 0 Å². The monoisotopic (exact) mass is 464 g/mol. The summed E-state index contributed by atoms with van der Waals surface area (Å²) >= 11 is 1.72. The molecule has 8 heteroatoms. The number of aryl methyl sites for hydroxylation is 1. The number of rotatable bonds is 9. The van der Waals surface area contributed by atoms with E-state index in [-0.39, 0.29) is 17.1 Å². The van der Waals surface area contributed by atoms with Crippen LogP contribution in [0.25, 0.3) is 10.9 Å². The molecule has 0 spiro atoms. The van der Waals surface area contributed by atoms with Gasteiger partial charge in [-0.05, 0) is 79.1 Å². The zero-order valence-corrected chi connectivity index (χ0v) is 20.8. The molecule has 0 aliphatic heterocycles. The van der Waals surface area contributed by atoms with Crippen LogP contribution >= 0.6 is 11.3 Å². The van der Waals surface area contributed by atoms with Gasteiger partial charge in [0.25, 0.3) is 5.56 Å². The number of nitrogens with zero attached hydrogens (tertiary/aromatic N) is 5. The van der Waals surface area contributed by atoms with E-state index in [4.69, 9.17) is 0 Å². The minimum Gasteiger partial charge on any atom is -0.322 e. The number of fused-ring (bicyclic) bond motifs is 1. The molecule has 0 saturated carbocycles. The van der Waals surface area contributed by atoms with Crippen LogP contribution in [0, 0.1) is 6.92 Å². The van der Waals surface area contributed by atoms with Gasteiger partial charge in [0.15, 0.2) is 5.82 Å². The van der Waals surface area contributed by atoms with Crippen molar-refractivity contribution in [1.82, 2.24) is 30.1 Å². The van der Waals surface area contributed by atoms with Crippen molar-refractivity contribution in [1.29, 1.82) is 0 Å². The van der Waals surface area contributed by atoms with Gasteiger partial charge in [-0.1, -0.05) is 31.5 Å². The summed E-state index contributed by atoms with van der Waals surface area (Å²) < 4.78 is 1.95. The van der Waals surface area contributed by atoms with Crippen molar-refractivity contribution < 1.29 is 0 Å². The lowest BCUT2D eigenvalue weighted by Gasteiger charge is -2.32. The molecular formula is C25H32N6OS. The third-order valence-corrected chi connectivity index (χ3v) is 7.31. The predicted octanol–water partition coefficient (Wildman–Crippen LogP) is 5.18. The standard InChI is InChI=1S/C25H32N6OS/c1-6-22(23-27-28-29-31(23)25(4,5)7-2)30(16-20-9-8-12-33-20)15-19-14-18-13-17(3)10-11-21(18)26-24(19)32/h8-14,22H,6-7,15-16H2,1-5H3,(H,26,32). The highest BCUT2D eigenvalue weighted by Crippen LogP contribution is 2.30. The fourth-order valence-corrected chi connectivity index (χ4v) is 4.90. The number of pyridine rings is 1. The van der Waals surface area contributed by atoms with Crippen molar-refractivity contribution in [3.05, 3.63) is 74.0 Å². The molecule has 0 bridgehead atoms. The Morgan fingerprint density at radius 3 is 2.70 bits per heavy atom.